The minimum Gasteiger partial charge on any atom is -0.463 e. The van der Waals surface area contributed by atoms with Crippen molar-refractivity contribution in [2.45, 2.75) is 72.1 Å². The van der Waals surface area contributed by atoms with Crippen LogP contribution in [0.5, 0.6) is 0 Å². The van der Waals surface area contributed by atoms with E-state index in [2.05, 4.69) is 6.92 Å². The van der Waals surface area contributed by atoms with Crippen molar-refractivity contribution in [1.29, 1.82) is 0 Å². The third-order valence-corrected chi connectivity index (χ3v) is 2.83. The Balaban J connectivity index is 3.44. The molecule has 0 fully saturated rings. The Hall–Kier alpha value is -0.790. The summed E-state index contributed by atoms with van der Waals surface area (Å²) < 4.78 is 4.87. The highest BCUT2D eigenvalue weighted by Crippen LogP contribution is 2.12. The molecular formula is C15H28O2. The largest absolute Gasteiger partial charge is 0.463 e. The van der Waals surface area contributed by atoms with Gasteiger partial charge in [0.05, 0.1) is 6.61 Å². The van der Waals surface area contributed by atoms with Gasteiger partial charge in [0.2, 0.25) is 0 Å². The number of carbonyl (C=O) groups is 1. The summed E-state index contributed by atoms with van der Waals surface area (Å²) >= 11 is 0. The highest BCUT2D eigenvalue weighted by molar-refractivity contribution is 5.82. The number of hydrogen-bond donors (Lipinski definition) is 0. The van der Waals surface area contributed by atoms with E-state index in [1.165, 1.54) is 44.9 Å². The summed E-state index contributed by atoms with van der Waals surface area (Å²) in [6.07, 6.45) is 11.8. The van der Waals surface area contributed by atoms with Crippen molar-refractivity contribution in [3.05, 3.63) is 11.6 Å². The molecule has 0 radical (unpaired) electrons. The molecule has 2 heteroatoms. The van der Waals surface area contributed by atoms with Crippen LogP contribution in [0, 0.1) is 0 Å². The van der Waals surface area contributed by atoms with E-state index in [-0.39, 0.29) is 5.97 Å². The molecule has 0 spiro atoms. The molecule has 0 aliphatic heterocycles. The summed E-state index contributed by atoms with van der Waals surface area (Å²) in [6, 6.07) is 0. The van der Waals surface area contributed by atoms with Crippen LogP contribution in [0.3, 0.4) is 0 Å². The van der Waals surface area contributed by atoms with Crippen LogP contribution in [0.25, 0.3) is 0 Å². The third-order valence-electron chi connectivity index (χ3n) is 2.83. The Morgan fingerprint density at radius 2 is 1.59 bits per heavy atom. The lowest BCUT2D eigenvalue weighted by atomic mass is 10.1. The molecule has 0 saturated carbocycles. The zero-order valence-electron chi connectivity index (χ0n) is 11.8. The fourth-order valence-corrected chi connectivity index (χ4v) is 1.82. The SMILES string of the molecule is CCCCCCCCCC(C)=CC(=O)OCC. The Kier molecular flexibility index (Phi) is 11.1. The van der Waals surface area contributed by atoms with Crippen molar-refractivity contribution in [3.63, 3.8) is 0 Å². The van der Waals surface area contributed by atoms with Crippen LogP contribution < -0.4 is 0 Å². The molecule has 100 valence electrons. The van der Waals surface area contributed by atoms with Gasteiger partial charge in [-0.1, -0.05) is 51.0 Å². The van der Waals surface area contributed by atoms with Gasteiger partial charge in [-0.25, -0.2) is 4.79 Å². The first-order chi connectivity index (χ1) is 8.20. The standard InChI is InChI=1S/C15H28O2/c1-4-6-7-8-9-10-11-12-14(3)13-15(16)17-5-2/h13H,4-12H2,1-3H3. The second-order valence-electron chi connectivity index (χ2n) is 4.61. The Morgan fingerprint density at radius 3 is 2.18 bits per heavy atom. The van der Waals surface area contributed by atoms with E-state index in [1.54, 1.807) is 6.08 Å². The molecule has 0 N–H and O–H groups in total. The average molecular weight is 240 g/mol. The number of allylic oxidation sites excluding steroid dienone is 1. The van der Waals surface area contributed by atoms with Gasteiger partial charge in [-0.05, 0) is 26.7 Å². The zero-order chi connectivity index (χ0) is 12.9. The summed E-state index contributed by atoms with van der Waals surface area (Å²) in [5.41, 5.74) is 1.14. The number of carbonyl (C=O) groups excluding carboxylic acids is 1. The zero-order valence-corrected chi connectivity index (χ0v) is 11.8. The fourth-order valence-electron chi connectivity index (χ4n) is 1.82. The first-order valence-corrected chi connectivity index (χ1v) is 7.04. The molecule has 0 rings (SSSR count). The quantitative estimate of drug-likeness (QED) is 0.316. The highest BCUT2D eigenvalue weighted by Gasteiger charge is 1.98. The van der Waals surface area contributed by atoms with E-state index in [9.17, 15) is 4.79 Å². The number of unbranched alkanes of at least 4 members (excludes halogenated alkanes) is 6. The van der Waals surface area contributed by atoms with Crippen molar-refractivity contribution >= 4 is 5.97 Å². The van der Waals surface area contributed by atoms with Crippen LogP contribution in [0.4, 0.5) is 0 Å². The summed E-state index contributed by atoms with van der Waals surface area (Å²) in [5, 5.41) is 0. The molecule has 17 heavy (non-hydrogen) atoms. The fraction of sp³-hybridized carbons (Fsp3) is 0.800. The second-order valence-corrected chi connectivity index (χ2v) is 4.61. The first-order valence-electron chi connectivity index (χ1n) is 7.04. The molecule has 0 aliphatic rings. The monoisotopic (exact) mass is 240 g/mol. The summed E-state index contributed by atoms with van der Waals surface area (Å²) in [7, 11) is 0. The van der Waals surface area contributed by atoms with Crippen molar-refractivity contribution in [1.82, 2.24) is 0 Å². The van der Waals surface area contributed by atoms with Gasteiger partial charge in [-0.15, -0.1) is 0 Å². The smallest absolute Gasteiger partial charge is 0.330 e. The van der Waals surface area contributed by atoms with Gasteiger partial charge in [-0.3, -0.25) is 0 Å². The van der Waals surface area contributed by atoms with Crippen LogP contribution in [0.15, 0.2) is 11.6 Å². The normalized spacial score (nSPS) is 11.6. The predicted octanol–water partition coefficient (Wildman–Crippen LogP) is 4.64. The highest BCUT2D eigenvalue weighted by atomic mass is 16.5. The van der Waals surface area contributed by atoms with E-state index >= 15 is 0 Å². The second kappa shape index (κ2) is 11.7. The molecule has 0 unspecified atom stereocenters. The Labute approximate surface area is 106 Å². The average Bonchev–Trinajstić information content (AvgIpc) is 2.28. The van der Waals surface area contributed by atoms with Gasteiger partial charge in [0, 0.05) is 6.08 Å². The lowest BCUT2D eigenvalue weighted by Crippen LogP contribution is -2.00. The van der Waals surface area contributed by atoms with Gasteiger partial charge in [0.15, 0.2) is 0 Å². The van der Waals surface area contributed by atoms with Gasteiger partial charge < -0.3 is 4.74 Å². The van der Waals surface area contributed by atoms with Crippen LogP contribution in [0.2, 0.25) is 0 Å². The predicted molar refractivity (Wildman–Crippen MR) is 73.0 cm³/mol. The van der Waals surface area contributed by atoms with Crippen molar-refractivity contribution in [2.24, 2.45) is 0 Å². The van der Waals surface area contributed by atoms with E-state index < -0.39 is 0 Å². The lowest BCUT2D eigenvalue weighted by molar-refractivity contribution is -0.137. The summed E-state index contributed by atoms with van der Waals surface area (Å²) in [6.45, 7) is 6.54. The lowest BCUT2D eigenvalue weighted by Gasteiger charge is -2.02. The van der Waals surface area contributed by atoms with Crippen LogP contribution in [0.1, 0.15) is 72.1 Å². The molecule has 0 atom stereocenters. The molecule has 0 heterocycles. The van der Waals surface area contributed by atoms with E-state index in [4.69, 9.17) is 4.74 Å². The summed E-state index contributed by atoms with van der Waals surface area (Å²) in [4.78, 5) is 11.2. The Morgan fingerprint density at radius 1 is 1.00 bits per heavy atom. The van der Waals surface area contributed by atoms with Crippen molar-refractivity contribution < 1.29 is 9.53 Å². The number of rotatable bonds is 10. The molecule has 0 aromatic heterocycles. The number of esters is 1. The maximum atomic E-state index is 11.2. The maximum absolute atomic E-state index is 11.2. The van der Waals surface area contributed by atoms with Crippen LogP contribution in [-0.2, 0) is 9.53 Å². The number of hydrogen-bond acceptors (Lipinski definition) is 2. The van der Waals surface area contributed by atoms with Crippen LogP contribution >= 0.6 is 0 Å². The molecule has 0 amide bonds. The number of ether oxygens (including phenoxy) is 1. The van der Waals surface area contributed by atoms with E-state index in [0.29, 0.717) is 6.61 Å². The van der Waals surface area contributed by atoms with Crippen molar-refractivity contribution in [3.8, 4) is 0 Å². The molecule has 0 bridgehead atoms. The van der Waals surface area contributed by atoms with E-state index in [1.807, 2.05) is 13.8 Å². The maximum Gasteiger partial charge on any atom is 0.330 e. The molecule has 2 nitrogen and oxygen atoms in total. The third kappa shape index (κ3) is 11.5. The van der Waals surface area contributed by atoms with Gasteiger partial charge >= 0.3 is 5.97 Å². The topological polar surface area (TPSA) is 26.3 Å². The molecule has 0 aliphatic carbocycles. The minimum atomic E-state index is -0.201. The van der Waals surface area contributed by atoms with E-state index in [0.717, 1.165) is 12.0 Å². The molecule has 0 aromatic rings. The molecular weight excluding hydrogens is 212 g/mol. The minimum absolute atomic E-state index is 0.201. The van der Waals surface area contributed by atoms with Gasteiger partial charge in [-0.2, -0.15) is 0 Å². The summed E-state index contributed by atoms with van der Waals surface area (Å²) in [5.74, 6) is -0.201. The van der Waals surface area contributed by atoms with Gasteiger partial charge in [0.25, 0.3) is 0 Å². The molecule has 0 saturated heterocycles. The van der Waals surface area contributed by atoms with Crippen molar-refractivity contribution in [2.75, 3.05) is 6.61 Å². The first kappa shape index (κ1) is 16.2. The Bertz CT molecular complexity index is 219. The van der Waals surface area contributed by atoms with Gasteiger partial charge in [0.1, 0.15) is 0 Å². The van der Waals surface area contributed by atoms with Crippen LogP contribution in [-0.4, -0.2) is 12.6 Å². The molecule has 0 aromatic carbocycles.